The zero-order valence-corrected chi connectivity index (χ0v) is 20.8. The first-order valence-electron chi connectivity index (χ1n) is 11.7. The molecule has 0 saturated carbocycles. The van der Waals surface area contributed by atoms with Crippen molar-refractivity contribution < 1.29 is 18.8 Å². The number of rotatable bonds is 8. The lowest BCUT2D eigenvalue weighted by molar-refractivity contribution is -0.124. The van der Waals surface area contributed by atoms with E-state index in [1.54, 1.807) is 36.4 Å². The Morgan fingerprint density at radius 3 is 2.09 bits per heavy atom. The lowest BCUT2D eigenvalue weighted by Gasteiger charge is -2.22. The van der Waals surface area contributed by atoms with Gasteiger partial charge in [-0.3, -0.25) is 14.4 Å². The van der Waals surface area contributed by atoms with Gasteiger partial charge in [-0.05, 0) is 58.9 Å². The average Bonchev–Trinajstić information content (AvgIpc) is 3.36. The molecule has 3 N–H and O–H groups in total. The summed E-state index contributed by atoms with van der Waals surface area (Å²) >= 11 is 0. The van der Waals surface area contributed by atoms with Crippen LogP contribution < -0.4 is 16.0 Å². The van der Waals surface area contributed by atoms with Crippen LogP contribution in [0.5, 0.6) is 0 Å². The third-order valence-corrected chi connectivity index (χ3v) is 5.67. The molecule has 0 aliphatic carbocycles. The van der Waals surface area contributed by atoms with Crippen LogP contribution in [-0.2, 0) is 16.8 Å². The van der Waals surface area contributed by atoms with Gasteiger partial charge in [0.05, 0.1) is 6.26 Å². The number of carbonyl (C=O) groups excluding carboxylic acids is 3. The van der Waals surface area contributed by atoms with Crippen LogP contribution in [0, 0.1) is 5.92 Å². The number of anilines is 1. The fraction of sp³-hybridized carbons (Fsp3) is 0.321. The van der Waals surface area contributed by atoms with Gasteiger partial charge in [0, 0.05) is 17.8 Å². The first-order chi connectivity index (χ1) is 16.5. The van der Waals surface area contributed by atoms with Crippen LogP contribution in [0.3, 0.4) is 0 Å². The summed E-state index contributed by atoms with van der Waals surface area (Å²) in [6.07, 6.45) is 1.44. The predicted octanol–water partition coefficient (Wildman–Crippen LogP) is 4.90. The molecule has 7 heteroatoms. The Kier molecular flexibility index (Phi) is 8.12. The van der Waals surface area contributed by atoms with E-state index in [0.29, 0.717) is 17.8 Å². The smallest absolute Gasteiger partial charge is 0.291 e. The van der Waals surface area contributed by atoms with Crippen molar-refractivity contribution >= 4 is 23.4 Å². The van der Waals surface area contributed by atoms with Crippen molar-refractivity contribution in [2.24, 2.45) is 5.92 Å². The van der Waals surface area contributed by atoms with Crippen molar-refractivity contribution in [3.8, 4) is 0 Å². The van der Waals surface area contributed by atoms with Gasteiger partial charge in [0.2, 0.25) is 5.91 Å². The highest BCUT2D eigenvalue weighted by Crippen LogP contribution is 2.22. The maximum Gasteiger partial charge on any atom is 0.291 e. The highest BCUT2D eigenvalue weighted by molar-refractivity contribution is 6.02. The summed E-state index contributed by atoms with van der Waals surface area (Å²) in [6, 6.07) is 17.2. The molecule has 1 atom stereocenters. The van der Waals surface area contributed by atoms with Crippen LogP contribution in [0.4, 0.5) is 5.69 Å². The topological polar surface area (TPSA) is 100 Å². The van der Waals surface area contributed by atoms with Gasteiger partial charge < -0.3 is 20.4 Å². The summed E-state index contributed by atoms with van der Waals surface area (Å²) < 4.78 is 5.08. The number of benzene rings is 2. The Morgan fingerprint density at radius 2 is 1.54 bits per heavy atom. The van der Waals surface area contributed by atoms with Crippen molar-refractivity contribution in [1.82, 2.24) is 10.6 Å². The molecule has 35 heavy (non-hydrogen) atoms. The van der Waals surface area contributed by atoms with E-state index in [1.165, 1.54) is 6.26 Å². The maximum absolute atomic E-state index is 12.9. The number of nitrogens with one attached hydrogen (secondary N) is 3. The molecule has 0 bridgehead atoms. The number of hydrogen-bond donors (Lipinski definition) is 3. The first kappa shape index (κ1) is 25.7. The standard InChI is InChI=1S/C28H33N3O4/c1-18(2)24(31-25(32)20-10-12-21(13-11-20)28(3,4)5)27(34)29-17-19-8-14-22(15-9-19)30-26(33)23-7-6-16-35-23/h6-16,18,24H,17H2,1-5H3,(H,29,34)(H,30,33)(H,31,32). The van der Waals surface area contributed by atoms with Gasteiger partial charge in [-0.15, -0.1) is 0 Å². The summed E-state index contributed by atoms with van der Waals surface area (Å²) in [5.41, 5.74) is 3.13. The molecule has 0 aliphatic rings. The SMILES string of the molecule is CC(C)C(NC(=O)c1ccc(C(C)(C)C)cc1)C(=O)NCc1ccc(NC(=O)c2ccco2)cc1. The number of amides is 3. The van der Waals surface area contributed by atoms with Crippen molar-refractivity contribution in [3.05, 3.63) is 89.4 Å². The molecule has 0 saturated heterocycles. The van der Waals surface area contributed by atoms with Crippen LogP contribution in [0.25, 0.3) is 0 Å². The summed E-state index contributed by atoms with van der Waals surface area (Å²) in [4.78, 5) is 37.7. The number of carbonyl (C=O) groups is 3. The average molecular weight is 476 g/mol. The van der Waals surface area contributed by atoms with Crippen molar-refractivity contribution in [1.29, 1.82) is 0 Å². The predicted molar refractivity (Wildman–Crippen MR) is 136 cm³/mol. The molecule has 0 fully saturated rings. The quantitative estimate of drug-likeness (QED) is 0.431. The van der Waals surface area contributed by atoms with E-state index in [1.807, 2.05) is 38.1 Å². The molecule has 1 aromatic heterocycles. The van der Waals surface area contributed by atoms with Gasteiger partial charge in [0.1, 0.15) is 6.04 Å². The zero-order chi connectivity index (χ0) is 25.6. The maximum atomic E-state index is 12.9. The van der Waals surface area contributed by atoms with Gasteiger partial charge in [-0.1, -0.05) is 58.9 Å². The fourth-order valence-electron chi connectivity index (χ4n) is 3.49. The molecule has 3 rings (SSSR count). The third-order valence-electron chi connectivity index (χ3n) is 5.67. The molecule has 3 aromatic rings. The van der Waals surface area contributed by atoms with Crippen LogP contribution in [0.2, 0.25) is 0 Å². The molecule has 1 heterocycles. The lowest BCUT2D eigenvalue weighted by atomic mass is 9.86. The minimum absolute atomic E-state index is 0.00141. The number of hydrogen-bond acceptors (Lipinski definition) is 4. The second-order valence-electron chi connectivity index (χ2n) is 9.87. The normalized spacial score (nSPS) is 12.2. The minimum Gasteiger partial charge on any atom is -0.459 e. The molecule has 0 aliphatic heterocycles. The van der Waals surface area contributed by atoms with E-state index in [0.717, 1.165) is 11.1 Å². The van der Waals surface area contributed by atoms with E-state index in [2.05, 4.69) is 36.7 Å². The summed E-state index contributed by atoms with van der Waals surface area (Å²) in [5.74, 6) is -0.731. The van der Waals surface area contributed by atoms with E-state index in [4.69, 9.17) is 4.42 Å². The van der Waals surface area contributed by atoms with Crippen LogP contribution >= 0.6 is 0 Å². The Labute approximate surface area is 206 Å². The first-order valence-corrected chi connectivity index (χ1v) is 11.7. The van der Waals surface area contributed by atoms with Crippen molar-refractivity contribution in [2.75, 3.05) is 5.32 Å². The molecular formula is C28H33N3O4. The molecule has 0 spiro atoms. The lowest BCUT2D eigenvalue weighted by Crippen LogP contribution is -2.49. The van der Waals surface area contributed by atoms with E-state index in [-0.39, 0.29) is 34.8 Å². The molecule has 0 radical (unpaired) electrons. The molecule has 184 valence electrons. The summed E-state index contributed by atoms with van der Waals surface area (Å²) in [6.45, 7) is 10.4. The largest absolute Gasteiger partial charge is 0.459 e. The molecular weight excluding hydrogens is 442 g/mol. The Balaban J connectivity index is 1.55. The van der Waals surface area contributed by atoms with E-state index in [9.17, 15) is 14.4 Å². The van der Waals surface area contributed by atoms with E-state index >= 15 is 0 Å². The third kappa shape index (κ3) is 7.06. The zero-order valence-electron chi connectivity index (χ0n) is 20.8. The Hall–Kier alpha value is -3.87. The second kappa shape index (κ2) is 11.0. The molecule has 2 aromatic carbocycles. The van der Waals surface area contributed by atoms with Gasteiger partial charge in [-0.2, -0.15) is 0 Å². The van der Waals surface area contributed by atoms with Gasteiger partial charge in [0.15, 0.2) is 5.76 Å². The van der Waals surface area contributed by atoms with Crippen LogP contribution in [0.15, 0.2) is 71.3 Å². The van der Waals surface area contributed by atoms with Crippen molar-refractivity contribution in [3.63, 3.8) is 0 Å². The van der Waals surface area contributed by atoms with E-state index < -0.39 is 6.04 Å². The van der Waals surface area contributed by atoms with Gasteiger partial charge in [0.25, 0.3) is 11.8 Å². The van der Waals surface area contributed by atoms with Gasteiger partial charge >= 0.3 is 0 Å². The Morgan fingerprint density at radius 1 is 0.886 bits per heavy atom. The monoisotopic (exact) mass is 475 g/mol. The number of furan rings is 1. The molecule has 3 amide bonds. The summed E-state index contributed by atoms with van der Waals surface area (Å²) in [5, 5.41) is 8.51. The Bertz CT molecular complexity index is 1140. The van der Waals surface area contributed by atoms with Crippen LogP contribution in [-0.4, -0.2) is 23.8 Å². The highest BCUT2D eigenvalue weighted by atomic mass is 16.3. The highest BCUT2D eigenvalue weighted by Gasteiger charge is 2.25. The minimum atomic E-state index is -0.670. The summed E-state index contributed by atoms with van der Waals surface area (Å²) in [7, 11) is 0. The van der Waals surface area contributed by atoms with Gasteiger partial charge in [-0.25, -0.2) is 0 Å². The fourth-order valence-corrected chi connectivity index (χ4v) is 3.49. The molecule has 7 nitrogen and oxygen atoms in total. The van der Waals surface area contributed by atoms with Crippen molar-refractivity contribution in [2.45, 2.75) is 52.6 Å². The van der Waals surface area contributed by atoms with Crippen LogP contribution in [0.1, 0.15) is 66.7 Å². The second-order valence-corrected chi connectivity index (χ2v) is 9.87. The molecule has 1 unspecified atom stereocenters.